The molecule has 1 aromatic carbocycles. The summed E-state index contributed by atoms with van der Waals surface area (Å²) in [5.74, 6) is 0.918. The molecule has 138 valence electrons. The number of nitrogens with one attached hydrogen (secondary N) is 1. The molecule has 3 heterocycles. The quantitative estimate of drug-likeness (QED) is 0.471. The molecular weight excluding hydrogens is 400 g/mol. The SMILES string of the molecule is CC(C)n1c(SCC(=O)Nc2nncs2)nnc1-c1csc2ccccc12. The average Bonchev–Trinajstić information content (AvgIpc) is 3.38. The Morgan fingerprint density at radius 2 is 2.07 bits per heavy atom. The second kappa shape index (κ2) is 7.75. The number of amides is 1. The highest BCUT2D eigenvalue weighted by Gasteiger charge is 2.20. The largest absolute Gasteiger partial charge is 0.300 e. The van der Waals surface area contributed by atoms with E-state index in [1.807, 2.05) is 12.1 Å². The Labute approximate surface area is 167 Å². The maximum Gasteiger partial charge on any atom is 0.236 e. The van der Waals surface area contributed by atoms with Gasteiger partial charge in [-0.15, -0.1) is 31.7 Å². The van der Waals surface area contributed by atoms with Crippen LogP contribution in [0.2, 0.25) is 0 Å². The standard InChI is InChI=1S/C17H16N6OS3/c1-10(2)23-15(12-7-25-13-6-4-3-5-11(12)13)20-22-17(23)26-8-14(24)19-16-21-18-9-27-16/h3-7,9-10H,8H2,1-2H3,(H,19,21,24). The number of carbonyl (C=O) groups is 1. The monoisotopic (exact) mass is 416 g/mol. The summed E-state index contributed by atoms with van der Waals surface area (Å²) in [6.07, 6.45) is 0. The Balaban J connectivity index is 1.58. The van der Waals surface area contributed by atoms with E-state index in [2.05, 4.69) is 61.6 Å². The van der Waals surface area contributed by atoms with Gasteiger partial charge in [0.1, 0.15) is 5.51 Å². The van der Waals surface area contributed by atoms with Crippen LogP contribution in [0.1, 0.15) is 19.9 Å². The fourth-order valence-corrected chi connectivity index (χ4v) is 4.96. The minimum atomic E-state index is -0.141. The lowest BCUT2D eigenvalue weighted by Gasteiger charge is -2.13. The Bertz CT molecular complexity index is 1070. The lowest BCUT2D eigenvalue weighted by Crippen LogP contribution is -2.15. The van der Waals surface area contributed by atoms with Gasteiger partial charge >= 0.3 is 0 Å². The number of anilines is 1. The molecule has 0 spiro atoms. The predicted octanol–water partition coefficient (Wildman–Crippen LogP) is 4.32. The zero-order chi connectivity index (χ0) is 18.8. The van der Waals surface area contributed by atoms with Crippen molar-refractivity contribution in [2.24, 2.45) is 0 Å². The zero-order valence-corrected chi connectivity index (χ0v) is 17.1. The minimum absolute atomic E-state index is 0.141. The molecule has 0 aliphatic carbocycles. The van der Waals surface area contributed by atoms with E-state index in [0.29, 0.717) is 5.13 Å². The van der Waals surface area contributed by atoms with E-state index in [-0.39, 0.29) is 17.7 Å². The summed E-state index contributed by atoms with van der Waals surface area (Å²) in [5.41, 5.74) is 2.65. The van der Waals surface area contributed by atoms with Crippen LogP contribution < -0.4 is 5.32 Å². The van der Waals surface area contributed by atoms with Gasteiger partial charge in [-0.1, -0.05) is 41.3 Å². The number of benzene rings is 1. The van der Waals surface area contributed by atoms with Crippen LogP contribution in [-0.2, 0) is 4.79 Å². The number of aromatic nitrogens is 5. The maximum absolute atomic E-state index is 12.1. The van der Waals surface area contributed by atoms with Crippen LogP contribution in [-0.4, -0.2) is 36.6 Å². The summed E-state index contributed by atoms with van der Waals surface area (Å²) >= 11 is 4.35. The Morgan fingerprint density at radius 3 is 2.85 bits per heavy atom. The van der Waals surface area contributed by atoms with Crippen molar-refractivity contribution >= 4 is 55.6 Å². The number of hydrogen-bond acceptors (Lipinski definition) is 8. The number of thioether (sulfide) groups is 1. The summed E-state index contributed by atoms with van der Waals surface area (Å²) in [6, 6.07) is 8.44. The normalized spacial score (nSPS) is 11.4. The van der Waals surface area contributed by atoms with E-state index in [0.717, 1.165) is 16.5 Å². The molecular formula is C17H16N6OS3. The molecule has 4 aromatic rings. The average molecular weight is 417 g/mol. The number of carbonyl (C=O) groups excluding carboxylic acids is 1. The fraction of sp³-hybridized carbons (Fsp3) is 0.235. The first kappa shape index (κ1) is 18.1. The van der Waals surface area contributed by atoms with E-state index in [4.69, 9.17) is 0 Å². The van der Waals surface area contributed by atoms with Gasteiger partial charge in [0.15, 0.2) is 11.0 Å². The van der Waals surface area contributed by atoms with Gasteiger partial charge in [0.25, 0.3) is 0 Å². The van der Waals surface area contributed by atoms with Gasteiger partial charge < -0.3 is 0 Å². The molecule has 0 unspecified atom stereocenters. The van der Waals surface area contributed by atoms with Gasteiger partial charge in [-0.2, -0.15) is 0 Å². The van der Waals surface area contributed by atoms with Gasteiger partial charge in [0.05, 0.1) is 5.75 Å². The molecule has 0 aliphatic rings. The summed E-state index contributed by atoms with van der Waals surface area (Å²) in [4.78, 5) is 12.1. The second-order valence-corrected chi connectivity index (χ2v) is 8.68. The Kier molecular flexibility index (Phi) is 5.19. The molecule has 0 saturated heterocycles. The lowest BCUT2D eigenvalue weighted by molar-refractivity contribution is -0.113. The van der Waals surface area contributed by atoms with E-state index < -0.39 is 0 Å². The zero-order valence-electron chi connectivity index (χ0n) is 14.6. The van der Waals surface area contributed by atoms with E-state index in [1.54, 1.807) is 16.8 Å². The molecule has 1 N–H and O–H groups in total. The molecule has 0 radical (unpaired) electrons. The number of hydrogen-bond donors (Lipinski definition) is 1. The van der Waals surface area contributed by atoms with Crippen molar-refractivity contribution in [3.63, 3.8) is 0 Å². The van der Waals surface area contributed by atoms with Crippen molar-refractivity contribution in [1.29, 1.82) is 0 Å². The molecule has 0 fully saturated rings. The van der Waals surface area contributed by atoms with Crippen LogP contribution >= 0.6 is 34.4 Å². The molecule has 1 amide bonds. The Morgan fingerprint density at radius 1 is 1.22 bits per heavy atom. The second-order valence-electron chi connectivity index (χ2n) is 6.00. The maximum atomic E-state index is 12.1. The summed E-state index contributed by atoms with van der Waals surface area (Å²) in [5, 5.41) is 23.5. The van der Waals surface area contributed by atoms with E-state index in [9.17, 15) is 4.79 Å². The van der Waals surface area contributed by atoms with Gasteiger partial charge in [-0.05, 0) is 19.9 Å². The highest BCUT2D eigenvalue weighted by atomic mass is 32.2. The third kappa shape index (κ3) is 3.73. The molecule has 0 saturated carbocycles. The molecule has 7 nitrogen and oxygen atoms in total. The lowest BCUT2D eigenvalue weighted by atomic mass is 10.1. The molecule has 0 aliphatic heterocycles. The molecule has 4 rings (SSSR count). The van der Waals surface area contributed by atoms with Gasteiger partial charge in [0, 0.05) is 27.1 Å². The van der Waals surface area contributed by atoms with Gasteiger partial charge in [-0.3, -0.25) is 14.7 Å². The van der Waals surface area contributed by atoms with Crippen molar-refractivity contribution in [1.82, 2.24) is 25.0 Å². The van der Waals surface area contributed by atoms with Crippen molar-refractivity contribution in [3.8, 4) is 11.4 Å². The molecule has 10 heteroatoms. The van der Waals surface area contributed by atoms with Crippen LogP contribution in [0.25, 0.3) is 21.5 Å². The number of rotatable bonds is 6. The third-order valence-corrected chi connectivity index (χ3v) is 6.35. The topological polar surface area (TPSA) is 85.6 Å². The van der Waals surface area contributed by atoms with E-state index >= 15 is 0 Å². The van der Waals surface area contributed by atoms with Gasteiger partial charge in [0.2, 0.25) is 11.0 Å². The number of fused-ring (bicyclic) bond motifs is 1. The van der Waals surface area contributed by atoms with Crippen molar-refractivity contribution in [2.75, 3.05) is 11.1 Å². The first-order chi connectivity index (χ1) is 13.1. The van der Waals surface area contributed by atoms with E-state index in [1.165, 1.54) is 33.2 Å². The predicted molar refractivity (Wildman–Crippen MR) is 110 cm³/mol. The summed E-state index contributed by atoms with van der Waals surface area (Å²) < 4.78 is 3.30. The van der Waals surface area contributed by atoms with Crippen LogP contribution in [0.5, 0.6) is 0 Å². The summed E-state index contributed by atoms with van der Waals surface area (Å²) in [7, 11) is 0. The first-order valence-corrected chi connectivity index (χ1v) is 11.0. The highest BCUT2D eigenvalue weighted by Crippen LogP contribution is 2.35. The highest BCUT2D eigenvalue weighted by molar-refractivity contribution is 7.99. The molecule has 3 aromatic heterocycles. The van der Waals surface area contributed by atoms with Gasteiger partial charge in [-0.25, -0.2) is 0 Å². The summed E-state index contributed by atoms with van der Waals surface area (Å²) in [6.45, 7) is 4.18. The van der Waals surface area contributed by atoms with Crippen molar-refractivity contribution < 1.29 is 4.79 Å². The number of nitrogens with zero attached hydrogens (tertiary/aromatic N) is 5. The first-order valence-electron chi connectivity index (χ1n) is 8.24. The number of thiophene rings is 1. The van der Waals surface area contributed by atoms with Crippen LogP contribution in [0.4, 0.5) is 5.13 Å². The Hall–Kier alpha value is -2.30. The van der Waals surface area contributed by atoms with Crippen LogP contribution in [0, 0.1) is 0 Å². The molecule has 0 bridgehead atoms. The smallest absolute Gasteiger partial charge is 0.236 e. The molecule has 27 heavy (non-hydrogen) atoms. The third-order valence-electron chi connectivity index (χ3n) is 3.84. The van der Waals surface area contributed by atoms with Crippen LogP contribution in [0.3, 0.4) is 0 Å². The minimum Gasteiger partial charge on any atom is -0.300 e. The molecule has 0 atom stereocenters. The van der Waals surface area contributed by atoms with Crippen molar-refractivity contribution in [2.45, 2.75) is 25.0 Å². The van der Waals surface area contributed by atoms with Crippen molar-refractivity contribution in [3.05, 3.63) is 35.2 Å². The van der Waals surface area contributed by atoms with Crippen LogP contribution in [0.15, 0.2) is 40.3 Å². The fourth-order valence-electron chi connectivity index (χ4n) is 2.69.